The Hall–Kier alpha value is -2.87. The van der Waals surface area contributed by atoms with Crippen LogP contribution in [0.2, 0.25) is 0 Å². The van der Waals surface area contributed by atoms with Gasteiger partial charge in [-0.05, 0) is 68.0 Å². The van der Waals surface area contributed by atoms with Crippen molar-refractivity contribution in [1.29, 1.82) is 0 Å². The lowest BCUT2D eigenvalue weighted by atomic mass is 10.1. The molecule has 0 radical (unpaired) electrons. The van der Waals surface area contributed by atoms with Crippen molar-refractivity contribution in [3.63, 3.8) is 0 Å². The number of carbonyl (C=O) groups excluding carboxylic acids is 3. The maximum atomic E-state index is 12.5. The number of amides is 4. The molecule has 1 saturated heterocycles. The Kier molecular flexibility index (Phi) is 5.53. The van der Waals surface area contributed by atoms with Crippen molar-refractivity contribution >= 4 is 34.9 Å². The minimum Gasteiger partial charge on any atom is -0.336 e. The van der Waals surface area contributed by atoms with E-state index in [-0.39, 0.29) is 11.9 Å². The van der Waals surface area contributed by atoms with Gasteiger partial charge in [-0.3, -0.25) is 25.3 Å². The van der Waals surface area contributed by atoms with Crippen LogP contribution in [-0.4, -0.2) is 30.9 Å². The van der Waals surface area contributed by atoms with Crippen LogP contribution >= 0.6 is 11.3 Å². The summed E-state index contributed by atoms with van der Waals surface area (Å²) in [6.45, 7) is 3.07. The first-order valence-corrected chi connectivity index (χ1v) is 10.7. The largest absolute Gasteiger partial charge is 0.336 e. The minimum atomic E-state index is -0.392. The van der Waals surface area contributed by atoms with E-state index in [1.54, 1.807) is 23.1 Å². The van der Waals surface area contributed by atoms with Crippen molar-refractivity contribution in [3.8, 4) is 0 Å². The Labute approximate surface area is 173 Å². The fraction of sp³-hybridized carbons (Fsp3) is 0.381. The third-order valence-electron chi connectivity index (χ3n) is 5.37. The van der Waals surface area contributed by atoms with Gasteiger partial charge in [0.25, 0.3) is 11.8 Å². The molecule has 0 spiro atoms. The summed E-state index contributed by atoms with van der Waals surface area (Å²) in [5.41, 5.74) is 8.30. The molecule has 2 heterocycles. The second-order valence-corrected chi connectivity index (χ2v) is 8.55. The zero-order chi connectivity index (χ0) is 20.4. The average Bonchev–Trinajstić information content (AvgIpc) is 3.26. The molecule has 1 aromatic heterocycles. The first kappa shape index (κ1) is 19.4. The molecule has 0 saturated carbocycles. The van der Waals surface area contributed by atoms with Crippen LogP contribution in [0.5, 0.6) is 0 Å². The van der Waals surface area contributed by atoms with E-state index in [2.05, 4.69) is 16.2 Å². The van der Waals surface area contributed by atoms with Crippen molar-refractivity contribution < 1.29 is 14.4 Å². The Balaban J connectivity index is 1.39. The van der Waals surface area contributed by atoms with Gasteiger partial charge in [-0.15, -0.1) is 11.3 Å². The number of hydrogen-bond donors (Lipinski definition) is 3. The van der Waals surface area contributed by atoms with Gasteiger partial charge in [0.15, 0.2) is 0 Å². The highest BCUT2D eigenvalue weighted by atomic mass is 32.1. The van der Waals surface area contributed by atoms with Crippen molar-refractivity contribution in [3.05, 3.63) is 50.7 Å². The monoisotopic (exact) mass is 412 g/mol. The Morgan fingerprint density at radius 3 is 2.62 bits per heavy atom. The van der Waals surface area contributed by atoms with E-state index in [1.807, 2.05) is 13.0 Å². The van der Waals surface area contributed by atoms with Crippen LogP contribution in [0.25, 0.3) is 0 Å². The second kappa shape index (κ2) is 8.24. The van der Waals surface area contributed by atoms with Gasteiger partial charge in [-0.2, -0.15) is 0 Å². The lowest BCUT2D eigenvalue weighted by molar-refractivity contribution is 0.0849. The number of nitrogens with one attached hydrogen (secondary N) is 3. The SMILES string of the molecule is Cc1cc(C(=O)NNC(=O)c2cc3c(s2)CCCCC3)ccc1N1CCNC1=O. The molecule has 1 aliphatic carbocycles. The van der Waals surface area contributed by atoms with Gasteiger partial charge in [0.05, 0.1) is 4.88 Å². The lowest BCUT2D eigenvalue weighted by Crippen LogP contribution is -2.41. The average molecular weight is 413 g/mol. The summed E-state index contributed by atoms with van der Waals surface area (Å²) in [6.07, 6.45) is 5.61. The normalized spacial score (nSPS) is 16.0. The molecule has 2 aliphatic rings. The van der Waals surface area contributed by atoms with Crippen molar-refractivity contribution in [1.82, 2.24) is 16.2 Å². The van der Waals surface area contributed by atoms with Gasteiger partial charge in [0.2, 0.25) is 0 Å². The molecule has 1 aromatic carbocycles. The highest BCUT2D eigenvalue weighted by Gasteiger charge is 2.23. The summed E-state index contributed by atoms with van der Waals surface area (Å²) in [7, 11) is 0. The molecule has 2 aromatic rings. The number of fused-ring (bicyclic) bond motifs is 1. The number of hydrazine groups is 1. The Morgan fingerprint density at radius 1 is 1.07 bits per heavy atom. The molecule has 7 nitrogen and oxygen atoms in total. The van der Waals surface area contributed by atoms with Crippen LogP contribution in [0.3, 0.4) is 0 Å². The standard InChI is InChI=1S/C21H24N4O3S/c1-13-11-15(7-8-16(13)25-10-9-22-21(25)28)19(26)23-24-20(27)18-12-14-5-3-2-4-6-17(14)29-18/h7-8,11-12H,2-6,9-10H2,1H3,(H,22,28)(H,23,26)(H,24,27). The summed E-state index contributed by atoms with van der Waals surface area (Å²) < 4.78 is 0. The van der Waals surface area contributed by atoms with E-state index in [0.29, 0.717) is 23.5 Å². The van der Waals surface area contributed by atoms with Crippen LogP contribution in [0, 0.1) is 6.92 Å². The van der Waals surface area contributed by atoms with Gasteiger partial charge in [-0.25, -0.2) is 4.79 Å². The lowest BCUT2D eigenvalue weighted by Gasteiger charge is -2.17. The molecule has 8 heteroatoms. The molecule has 152 valence electrons. The highest BCUT2D eigenvalue weighted by molar-refractivity contribution is 7.14. The number of urea groups is 1. The number of nitrogens with zero attached hydrogens (tertiary/aromatic N) is 1. The number of carbonyl (C=O) groups is 3. The van der Waals surface area contributed by atoms with E-state index in [9.17, 15) is 14.4 Å². The van der Waals surface area contributed by atoms with Crippen LogP contribution in [-0.2, 0) is 12.8 Å². The third-order valence-corrected chi connectivity index (χ3v) is 6.60. The molecule has 29 heavy (non-hydrogen) atoms. The minimum absolute atomic E-state index is 0.132. The number of benzene rings is 1. The molecule has 4 rings (SSSR count). The molecule has 4 amide bonds. The van der Waals surface area contributed by atoms with Crippen molar-refractivity contribution in [2.45, 2.75) is 39.0 Å². The number of rotatable bonds is 3. The number of thiophene rings is 1. The van der Waals surface area contributed by atoms with Gasteiger partial charge in [0, 0.05) is 29.2 Å². The highest BCUT2D eigenvalue weighted by Crippen LogP contribution is 2.29. The number of anilines is 1. The summed E-state index contributed by atoms with van der Waals surface area (Å²) >= 11 is 1.52. The first-order chi connectivity index (χ1) is 14.0. The summed E-state index contributed by atoms with van der Waals surface area (Å²) in [4.78, 5) is 40.3. The van der Waals surface area contributed by atoms with E-state index < -0.39 is 5.91 Å². The molecular weight excluding hydrogens is 388 g/mol. The van der Waals surface area contributed by atoms with E-state index in [0.717, 1.165) is 30.5 Å². The van der Waals surface area contributed by atoms with E-state index in [4.69, 9.17) is 0 Å². The van der Waals surface area contributed by atoms with Gasteiger partial charge in [0.1, 0.15) is 0 Å². The summed E-state index contributed by atoms with van der Waals surface area (Å²) in [5, 5.41) is 2.76. The molecule has 1 aliphatic heterocycles. The molecule has 1 fully saturated rings. The predicted molar refractivity (Wildman–Crippen MR) is 112 cm³/mol. The quantitative estimate of drug-likeness (QED) is 0.535. The van der Waals surface area contributed by atoms with Crippen LogP contribution in [0.15, 0.2) is 24.3 Å². The molecule has 3 N–H and O–H groups in total. The van der Waals surface area contributed by atoms with Crippen molar-refractivity contribution in [2.24, 2.45) is 0 Å². The fourth-order valence-corrected chi connectivity index (χ4v) is 4.98. The molecule has 0 atom stereocenters. The van der Waals surface area contributed by atoms with Crippen LogP contribution in [0.4, 0.5) is 10.5 Å². The van der Waals surface area contributed by atoms with Gasteiger partial charge in [-0.1, -0.05) is 6.42 Å². The van der Waals surface area contributed by atoms with Crippen molar-refractivity contribution in [2.75, 3.05) is 18.0 Å². The van der Waals surface area contributed by atoms with Gasteiger partial charge >= 0.3 is 6.03 Å². The smallest absolute Gasteiger partial charge is 0.322 e. The molecular formula is C21H24N4O3S. The van der Waals surface area contributed by atoms with E-state index in [1.165, 1.54) is 34.6 Å². The topological polar surface area (TPSA) is 90.5 Å². The fourth-order valence-electron chi connectivity index (χ4n) is 3.83. The first-order valence-electron chi connectivity index (χ1n) is 9.91. The molecule has 0 unspecified atom stereocenters. The van der Waals surface area contributed by atoms with Crippen LogP contribution < -0.4 is 21.1 Å². The molecule has 0 bridgehead atoms. The maximum absolute atomic E-state index is 12.5. The van der Waals surface area contributed by atoms with Gasteiger partial charge < -0.3 is 5.32 Å². The number of aryl methyl sites for hydroxylation is 3. The van der Waals surface area contributed by atoms with E-state index >= 15 is 0 Å². The van der Waals surface area contributed by atoms with Crippen LogP contribution in [0.1, 0.15) is 55.3 Å². The summed E-state index contributed by atoms with van der Waals surface area (Å²) in [6, 6.07) is 6.95. The number of hydrogen-bond acceptors (Lipinski definition) is 4. The second-order valence-electron chi connectivity index (χ2n) is 7.41. The Morgan fingerprint density at radius 2 is 1.86 bits per heavy atom. The Bertz CT molecular complexity index is 945. The summed E-state index contributed by atoms with van der Waals surface area (Å²) in [5.74, 6) is -0.685. The maximum Gasteiger partial charge on any atom is 0.322 e. The zero-order valence-corrected chi connectivity index (χ0v) is 17.2. The zero-order valence-electron chi connectivity index (χ0n) is 16.3. The third kappa shape index (κ3) is 4.12. The predicted octanol–water partition coefficient (Wildman–Crippen LogP) is 2.93.